The Hall–Kier alpha value is -1.44. The first kappa shape index (κ1) is 15.9. The van der Waals surface area contributed by atoms with Crippen molar-refractivity contribution in [3.05, 3.63) is 35.9 Å². The van der Waals surface area contributed by atoms with Gasteiger partial charge in [0.25, 0.3) is 0 Å². The van der Waals surface area contributed by atoms with E-state index in [9.17, 15) is 8.42 Å². The molecule has 7 heteroatoms. The van der Waals surface area contributed by atoms with Crippen molar-refractivity contribution in [2.45, 2.75) is 18.7 Å². The highest BCUT2D eigenvalue weighted by molar-refractivity contribution is 7.88. The number of sulfonamides is 1. The standard InChI is InChI=1S/C14H22N4O2S/c1-12(14(15)16)17-7-9-18(10-8-17)21(19,20)11-13-5-3-2-4-6-13/h2-6,12H,7-11H2,1H3,(H3,15,16). The van der Waals surface area contributed by atoms with Gasteiger partial charge in [0.05, 0.1) is 11.8 Å². The van der Waals surface area contributed by atoms with Crippen LogP contribution in [0.25, 0.3) is 0 Å². The van der Waals surface area contributed by atoms with Crippen molar-refractivity contribution in [2.24, 2.45) is 5.73 Å². The summed E-state index contributed by atoms with van der Waals surface area (Å²) >= 11 is 0. The molecule has 0 bridgehead atoms. The zero-order valence-corrected chi connectivity index (χ0v) is 13.0. The second kappa shape index (κ2) is 6.55. The van der Waals surface area contributed by atoms with Gasteiger partial charge in [0, 0.05) is 26.2 Å². The fraction of sp³-hybridized carbons (Fsp3) is 0.500. The molecule has 0 radical (unpaired) electrons. The maximum atomic E-state index is 12.4. The summed E-state index contributed by atoms with van der Waals surface area (Å²) in [7, 11) is -3.28. The monoisotopic (exact) mass is 310 g/mol. The Labute approximate surface area is 126 Å². The maximum absolute atomic E-state index is 12.4. The summed E-state index contributed by atoms with van der Waals surface area (Å²) in [6.45, 7) is 3.99. The number of hydrogen-bond acceptors (Lipinski definition) is 4. The van der Waals surface area contributed by atoms with Crippen LogP contribution in [-0.4, -0.2) is 55.7 Å². The van der Waals surface area contributed by atoms with E-state index in [1.54, 1.807) is 0 Å². The van der Waals surface area contributed by atoms with Gasteiger partial charge < -0.3 is 5.73 Å². The van der Waals surface area contributed by atoms with Gasteiger partial charge in [-0.3, -0.25) is 10.3 Å². The molecule has 21 heavy (non-hydrogen) atoms. The van der Waals surface area contributed by atoms with Crippen LogP contribution in [0.15, 0.2) is 30.3 Å². The molecule has 3 N–H and O–H groups in total. The Bertz CT molecular complexity index is 580. The van der Waals surface area contributed by atoms with Crippen LogP contribution < -0.4 is 5.73 Å². The molecular formula is C14H22N4O2S. The number of nitrogens with two attached hydrogens (primary N) is 1. The Balaban J connectivity index is 1.96. The molecule has 0 saturated carbocycles. The highest BCUT2D eigenvalue weighted by atomic mass is 32.2. The van der Waals surface area contributed by atoms with Gasteiger partial charge in [-0.2, -0.15) is 4.31 Å². The van der Waals surface area contributed by atoms with Gasteiger partial charge >= 0.3 is 0 Å². The van der Waals surface area contributed by atoms with Crippen molar-refractivity contribution in [3.63, 3.8) is 0 Å². The lowest BCUT2D eigenvalue weighted by atomic mass is 10.2. The third kappa shape index (κ3) is 4.03. The van der Waals surface area contributed by atoms with Crippen molar-refractivity contribution in [3.8, 4) is 0 Å². The molecule has 6 nitrogen and oxygen atoms in total. The third-order valence-electron chi connectivity index (χ3n) is 3.86. The Morgan fingerprint density at radius 3 is 2.33 bits per heavy atom. The van der Waals surface area contributed by atoms with E-state index in [0.29, 0.717) is 26.2 Å². The minimum atomic E-state index is -3.28. The van der Waals surface area contributed by atoms with Gasteiger partial charge in [0.15, 0.2) is 0 Å². The first-order valence-corrected chi connectivity index (χ1v) is 8.61. The van der Waals surface area contributed by atoms with Crippen molar-refractivity contribution < 1.29 is 8.42 Å². The second-order valence-corrected chi connectivity index (χ2v) is 7.28. The van der Waals surface area contributed by atoms with Gasteiger partial charge in [-0.15, -0.1) is 0 Å². The lowest BCUT2D eigenvalue weighted by Gasteiger charge is -2.36. The predicted molar refractivity (Wildman–Crippen MR) is 83.6 cm³/mol. The number of amidine groups is 1. The Kier molecular flexibility index (Phi) is 4.97. The fourth-order valence-electron chi connectivity index (χ4n) is 2.44. The average molecular weight is 310 g/mol. The summed E-state index contributed by atoms with van der Waals surface area (Å²) in [5.41, 5.74) is 6.30. The molecule has 0 spiro atoms. The van der Waals surface area contributed by atoms with E-state index in [1.165, 1.54) is 4.31 Å². The van der Waals surface area contributed by atoms with Crippen molar-refractivity contribution in [2.75, 3.05) is 26.2 Å². The molecule has 0 aliphatic carbocycles. The van der Waals surface area contributed by atoms with Crippen LogP contribution in [0.1, 0.15) is 12.5 Å². The molecule has 0 amide bonds. The van der Waals surface area contributed by atoms with E-state index in [2.05, 4.69) is 0 Å². The normalized spacial score (nSPS) is 19.3. The SMILES string of the molecule is CC(C(=N)N)N1CCN(S(=O)(=O)Cc2ccccc2)CC1. The number of benzene rings is 1. The lowest BCUT2D eigenvalue weighted by Crippen LogP contribution is -2.54. The van der Waals surface area contributed by atoms with Crippen molar-refractivity contribution >= 4 is 15.9 Å². The Morgan fingerprint density at radius 2 is 1.81 bits per heavy atom. The van der Waals surface area contributed by atoms with E-state index < -0.39 is 10.0 Å². The summed E-state index contributed by atoms with van der Waals surface area (Å²) < 4.78 is 26.3. The largest absolute Gasteiger partial charge is 0.386 e. The van der Waals surface area contributed by atoms with Crippen LogP contribution >= 0.6 is 0 Å². The molecule has 1 heterocycles. The topological polar surface area (TPSA) is 90.5 Å². The molecule has 1 aromatic carbocycles. The van der Waals surface area contributed by atoms with E-state index in [-0.39, 0.29) is 17.6 Å². The van der Waals surface area contributed by atoms with Crippen LogP contribution in [0.3, 0.4) is 0 Å². The fourth-order valence-corrected chi connectivity index (χ4v) is 3.96. The zero-order chi connectivity index (χ0) is 15.5. The highest BCUT2D eigenvalue weighted by Gasteiger charge is 2.29. The summed E-state index contributed by atoms with van der Waals surface area (Å²) in [5.74, 6) is 0.159. The van der Waals surface area contributed by atoms with Crippen molar-refractivity contribution in [1.82, 2.24) is 9.21 Å². The maximum Gasteiger partial charge on any atom is 0.218 e. The number of piperazine rings is 1. The molecule has 116 valence electrons. The van der Waals surface area contributed by atoms with Gasteiger partial charge in [0.1, 0.15) is 5.84 Å². The lowest BCUT2D eigenvalue weighted by molar-refractivity contribution is 0.173. The molecule has 1 aliphatic rings. The molecule has 0 aromatic heterocycles. The highest BCUT2D eigenvalue weighted by Crippen LogP contribution is 2.14. The quantitative estimate of drug-likeness (QED) is 0.610. The summed E-state index contributed by atoms with van der Waals surface area (Å²) in [6, 6.07) is 9.08. The second-order valence-electron chi connectivity index (χ2n) is 5.31. The van der Waals surface area contributed by atoms with Crippen LogP contribution in [0.5, 0.6) is 0 Å². The molecule has 2 rings (SSSR count). The number of hydrogen-bond donors (Lipinski definition) is 2. The van der Waals surface area contributed by atoms with Gasteiger partial charge in [-0.05, 0) is 12.5 Å². The number of nitrogens with zero attached hydrogens (tertiary/aromatic N) is 2. The van der Waals surface area contributed by atoms with Crippen LogP contribution in [0, 0.1) is 5.41 Å². The molecule has 1 aliphatic heterocycles. The molecule has 1 atom stereocenters. The predicted octanol–water partition coefficient (Wildman–Crippen LogP) is 0.458. The first-order valence-electron chi connectivity index (χ1n) is 7.00. The van der Waals surface area contributed by atoms with E-state index in [1.807, 2.05) is 42.2 Å². The van der Waals surface area contributed by atoms with E-state index >= 15 is 0 Å². The summed E-state index contributed by atoms with van der Waals surface area (Å²) in [6.07, 6.45) is 0. The number of nitrogens with one attached hydrogen (secondary N) is 1. The Morgan fingerprint density at radius 1 is 1.24 bits per heavy atom. The van der Waals surface area contributed by atoms with E-state index in [4.69, 9.17) is 11.1 Å². The van der Waals surface area contributed by atoms with Gasteiger partial charge in [-0.25, -0.2) is 8.42 Å². The van der Waals surface area contributed by atoms with Gasteiger partial charge in [0.2, 0.25) is 10.0 Å². The summed E-state index contributed by atoms with van der Waals surface area (Å²) in [4.78, 5) is 2.04. The van der Waals surface area contributed by atoms with E-state index in [0.717, 1.165) is 5.56 Å². The van der Waals surface area contributed by atoms with Crippen molar-refractivity contribution in [1.29, 1.82) is 5.41 Å². The first-order chi connectivity index (χ1) is 9.90. The minimum absolute atomic E-state index is 0.0378. The van der Waals surface area contributed by atoms with Crippen LogP contribution in [0.4, 0.5) is 0 Å². The van der Waals surface area contributed by atoms with Crippen LogP contribution in [-0.2, 0) is 15.8 Å². The minimum Gasteiger partial charge on any atom is -0.386 e. The molecule has 1 fully saturated rings. The molecular weight excluding hydrogens is 288 g/mol. The molecule has 1 unspecified atom stereocenters. The average Bonchev–Trinajstić information content (AvgIpc) is 2.47. The van der Waals surface area contributed by atoms with Crippen LogP contribution in [0.2, 0.25) is 0 Å². The number of rotatable bonds is 5. The third-order valence-corrected chi connectivity index (χ3v) is 5.71. The molecule has 1 saturated heterocycles. The summed E-state index contributed by atoms with van der Waals surface area (Å²) in [5, 5.41) is 7.46. The van der Waals surface area contributed by atoms with Gasteiger partial charge in [-0.1, -0.05) is 30.3 Å². The zero-order valence-electron chi connectivity index (χ0n) is 12.2. The smallest absolute Gasteiger partial charge is 0.218 e. The molecule has 1 aromatic rings.